The Labute approximate surface area is 107 Å². The number of carbonyl (C=O) groups is 1. The Kier molecular flexibility index (Phi) is 4.07. The van der Waals surface area contributed by atoms with Crippen LogP contribution in [0.15, 0.2) is 18.2 Å². The monoisotopic (exact) mass is 249 g/mol. The topological polar surface area (TPSA) is 47.6 Å². The molecule has 0 atom stereocenters. The minimum atomic E-state index is -0.0390. The molecule has 2 rings (SSSR count). The van der Waals surface area contributed by atoms with Crippen molar-refractivity contribution in [2.24, 2.45) is 0 Å². The van der Waals surface area contributed by atoms with Crippen LogP contribution in [0.5, 0.6) is 11.5 Å². The van der Waals surface area contributed by atoms with E-state index in [4.69, 9.17) is 9.47 Å². The summed E-state index contributed by atoms with van der Waals surface area (Å²) < 4.78 is 10.3. The van der Waals surface area contributed by atoms with Crippen molar-refractivity contribution in [1.82, 2.24) is 5.32 Å². The molecule has 1 saturated carbocycles. The summed E-state index contributed by atoms with van der Waals surface area (Å²) >= 11 is 0. The highest BCUT2D eigenvalue weighted by Crippen LogP contribution is 2.27. The van der Waals surface area contributed by atoms with Crippen LogP contribution in [0.3, 0.4) is 0 Å². The Hall–Kier alpha value is -1.71. The summed E-state index contributed by atoms with van der Waals surface area (Å²) in [5.41, 5.74) is 0.611. The third-order valence-corrected chi connectivity index (χ3v) is 3.34. The molecule has 18 heavy (non-hydrogen) atoms. The molecule has 0 spiro atoms. The normalized spacial score (nSPS) is 15.4. The van der Waals surface area contributed by atoms with Gasteiger partial charge in [-0.15, -0.1) is 0 Å². The second-order valence-electron chi connectivity index (χ2n) is 4.52. The van der Waals surface area contributed by atoms with Gasteiger partial charge in [0, 0.05) is 11.6 Å². The predicted octanol–water partition coefficient (Wildman–Crippen LogP) is 2.38. The van der Waals surface area contributed by atoms with Crippen LogP contribution in [0.2, 0.25) is 0 Å². The molecule has 0 bridgehead atoms. The van der Waals surface area contributed by atoms with E-state index >= 15 is 0 Å². The number of carbonyl (C=O) groups excluding carboxylic acids is 1. The molecule has 1 N–H and O–H groups in total. The summed E-state index contributed by atoms with van der Waals surface area (Å²) in [4.78, 5) is 12.1. The minimum Gasteiger partial charge on any atom is -0.493 e. The Balaban J connectivity index is 2.09. The molecule has 0 saturated heterocycles. The van der Waals surface area contributed by atoms with Gasteiger partial charge < -0.3 is 14.8 Å². The average Bonchev–Trinajstić information content (AvgIpc) is 2.90. The molecule has 98 valence electrons. The molecule has 1 aliphatic rings. The third-order valence-electron chi connectivity index (χ3n) is 3.34. The fraction of sp³-hybridized carbons (Fsp3) is 0.500. The molecule has 0 unspecified atom stereocenters. The van der Waals surface area contributed by atoms with Crippen molar-refractivity contribution in [3.8, 4) is 11.5 Å². The van der Waals surface area contributed by atoms with Gasteiger partial charge in [0.25, 0.3) is 5.91 Å². The highest BCUT2D eigenvalue weighted by Gasteiger charge is 2.18. The lowest BCUT2D eigenvalue weighted by Crippen LogP contribution is -2.32. The molecule has 4 heteroatoms. The zero-order chi connectivity index (χ0) is 13.0. The molecule has 0 heterocycles. The molecule has 1 aromatic rings. The van der Waals surface area contributed by atoms with Gasteiger partial charge >= 0.3 is 0 Å². The summed E-state index contributed by atoms with van der Waals surface area (Å²) in [5.74, 6) is 1.18. The Bertz CT molecular complexity index is 425. The number of ether oxygens (including phenoxy) is 2. The first-order chi connectivity index (χ1) is 8.74. The van der Waals surface area contributed by atoms with Gasteiger partial charge in [0.2, 0.25) is 0 Å². The second-order valence-corrected chi connectivity index (χ2v) is 4.52. The maximum absolute atomic E-state index is 12.1. The SMILES string of the molecule is COc1ccc(C(=O)NC2CCCC2)cc1OC. The van der Waals surface area contributed by atoms with Crippen LogP contribution in [0.4, 0.5) is 0 Å². The number of benzene rings is 1. The minimum absolute atomic E-state index is 0.0390. The number of rotatable bonds is 4. The number of hydrogen-bond donors (Lipinski definition) is 1. The van der Waals surface area contributed by atoms with E-state index in [1.807, 2.05) is 0 Å². The number of amides is 1. The van der Waals surface area contributed by atoms with Gasteiger partial charge in [0.15, 0.2) is 11.5 Å². The van der Waals surface area contributed by atoms with E-state index in [1.165, 1.54) is 12.8 Å². The fourth-order valence-electron chi connectivity index (χ4n) is 2.32. The fourth-order valence-corrected chi connectivity index (χ4v) is 2.32. The molecule has 0 aromatic heterocycles. The first kappa shape index (κ1) is 12.7. The van der Waals surface area contributed by atoms with E-state index < -0.39 is 0 Å². The zero-order valence-corrected chi connectivity index (χ0v) is 10.9. The summed E-state index contributed by atoms with van der Waals surface area (Å²) in [7, 11) is 3.15. The largest absolute Gasteiger partial charge is 0.493 e. The van der Waals surface area contributed by atoms with Crippen LogP contribution in [0.1, 0.15) is 36.0 Å². The van der Waals surface area contributed by atoms with Crippen LogP contribution < -0.4 is 14.8 Å². The zero-order valence-electron chi connectivity index (χ0n) is 10.9. The number of nitrogens with one attached hydrogen (secondary N) is 1. The van der Waals surface area contributed by atoms with Gasteiger partial charge in [-0.2, -0.15) is 0 Å². The first-order valence-electron chi connectivity index (χ1n) is 6.27. The molecule has 0 aliphatic heterocycles. The second kappa shape index (κ2) is 5.76. The third kappa shape index (κ3) is 2.75. The number of methoxy groups -OCH3 is 2. The van der Waals surface area contributed by atoms with E-state index in [-0.39, 0.29) is 5.91 Å². The predicted molar refractivity (Wildman–Crippen MR) is 69.3 cm³/mol. The summed E-state index contributed by atoms with van der Waals surface area (Å²) in [6.07, 6.45) is 4.58. The molecule has 1 aromatic carbocycles. The van der Waals surface area contributed by atoms with Crippen molar-refractivity contribution in [2.45, 2.75) is 31.7 Å². The summed E-state index contributed by atoms with van der Waals surface area (Å²) in [5, 5.41) is 3.05. The van der Waals surface area contributed by atoms with Crippen LogP contribution in [-0.2, 0) is 0 Å². The van der Waals surface area contributed by atoms with Gasteiger partial charge in [-0.3, -0.25) is 4.79 Å². The van der Waals surface area contributed by atoms with Crippen molar-refractivity contribution in [3.63, 3.8) is 0 Å². The van der Waals surface area contributed by atoms with Crippen molar-refractivity contribution in [1.29, 1.82) is 0 Å². The molecule has 1 aliphatic carbocycles. The molecule has 4 nitrogen and oxygen atoms in total. The lowest BCUT2D eigenvalue weighted by atomic mass is 10.1. The molecular formula is C14H19NO3. The van der Waals surface area contributed by atoms with E-state index in [1.54, 1.807) is 32.4 Å². The van der Waals surface area contributed by atoms with Crippen LogP contribution in [-0.4, -0.2) is 26.2 Å². The average molecular weight is 249 g/mol. The molecule has 1 amide bonds. The van der Waals surface area contributed by atoms with Gasteiger partial charge in [0.1, 0.15) is 0 Å². The number of hydrogen-bond acceptors (Lipinski definition) is 3. The van der Waals surface area contributed by atoms with Gasteiger partial charge in [0.05, 0.1) is 14.2 Å². The maximum Gasteiger partial charge on any atom is 0.251 e. The summed E-state index contributed by atoms with van der Waals surface area (Å²) in [6, 6.07) is 5.54. The Morgan fingerprint density at radius 3 is 2.44 bits per heavy atom. The van der Waals surface area contributed by atoms with Crippen LogP contribution >= 0.6 is 0 Å². The highest BCUT2D eigenvalue weighted by atomic mass is 16.5. The van der Waals surface area contributed by atoms with E-state index in [9.17, 15) is 4.79 Å². The maximum atomic E-state index is 12.1. The van der Waals surface area contributed by atoms with E-state index in [2.05, 4.69) is 5.32 Å². The first-order valence-corrected chi connectivity index (χ1v) is 6.27. The Morgan fingerprint density at radius 2 is 1.83 bits per heavy atom. The van der Waals surface area contributed by atoms with Gasteiger partial charge in [-0.1, -0.05) is 12.8 Å². The molecule has 0 radical (unpaired) electrons. The van der Waals surface area contributed by atoms with Crippen molar-refractivity contribution in [3.05, 3.63) is 23.8 Å². The molecule has 1 fully saturated rings. The summed E-state index contributed by atoms with van der Waals surface area (Å²) in [6.45, 7) is 0. The van der Waals surface area contributed by atoms with Crippen molar-refractivity contribution < 1.29 is 14.3 Å². The smallest absolute Gasteiger partial charge is 0.251 e. The lowest BCUT2D eigenvalue weighted by Gasteiger charge is -2.13. The van der Waals surface area contributed by atoms with Crippen LogP contribution in [0.25, 0.3) is 0 Å². The highest BCUT2D eigenvalue weighted by molar-refractivity contribution is 5.95. The van der Waals surface area contributed by atoms with E-state index in [0.29, 0.717) is 23.1 Å². The quantitative estimate of drug-likeness (QED) is 0.891. The van der Waals surface area contributed by atoms with Gasteiger partial charge in [-0.05, 0) is 31.0 Å². The Morgan fingerprint density at radius 1 is 1.17 bits per heavy atom. The van der Waals surface area contributed by atoms with E-state index in [0.717, 1.165) is 12.8 Å². The van der Waals surface area contributed by atoms with Crippen molar-refractivity contribution >= 4 is 5.91 Å². The molecular weight excluding hydrogens is 230 g/mol. The standard InChI is InChI=1S/C14H19NO3/c1-17-12-8-7-10(9-13(12)18-2)14(16)15-11-5-3-4-6-11/h7-9,11H,3-6H2,1-2H3,(H,15,16). The van der Waals surface area contributed by atoms with Gasteiger partial charge in [-0.25, -0.2) is 0 Å². The van der Waals surface area contributed by atoms with Crippen molar-refractivity contribution in [2.75, 3.05) is 14.2 Å². The van der Waals surface area contributed by atoms with Crippen LogP contribution in [0, 0.1) is 0 Å². The lowest BCUT2D eigenvalue weighted by molar-refractivity contribution is 0.0937.